The van der Waals surface area contributed by atoms with Crippen molar-refractivity contribution < 1.29 is 0 Å². The van der Waals surface area contributed by atoms with Crippen LogP contribution in [-0.2, 0) is 13.1 Å². The van der Waals surface area contributed by atoms with Gasteiger partial charge in [-0.3, -0.25) is 0 Å². The van der Waals surface area contributed by atoms with Gasteiger partial charge >= 0.3 is 0 Å². The van der Waals surface area contributed by atoms with Crippen LogP contribution in [0.5, 0.6) is 0 Å². The van der Waals surface area contributed by atoms with Crippen molar-refractivity contribution >= 4 is 11.0 Å². The molecule has 1 aromatic heterocycles. The number of nitrogens with zero attached hydrogens (tertiary/aromatic N) is 2. The molecule has 3 rings (SSSR count). The fraction of sp³-hybridized carbons (Fsp3) is 0.125. The Bertz CT molecular complexity index is 734. The summed E-state index contributed by atoms with van der Waals surface area (Å²) in [7, 11) is 0. The number of benzene rings is 2. The maximum atomic E-state index is 9.03. The standard InChI is InChI=1S/C16H14N4/c17-9-12-5-1-2-6-13(12)10-18-11-16-19-14-7-3-4-8-15(14)20-16/h1-8,18H,10-11H2,(H,19,20). The van der Waals surface area contributed by atoms with Gasteiger partial charge in [-0.2, -0.15) is 5.26 Å². The van der Waals surface area contributed by atoms with Gasteiger partial charge in [-0.1, -0.05) is 30.3 Å². The molecule has 0 spiro atoms. The van der Waals surface area contributed by atoms with Crippen molar-refractivity contribution in [2.75, 3.05) is 0 Å². The number of aromatic amines is 1. The molecule has 0 unspecified atom stereocenters. The summed E-state index contributed by atoms with van der Waals surface area (Å²) in [6.07, 6.45) is 0. The highest BCUT2D eigenvalue weighted by Gasteiger charge is 2.03. The molecule has 0 saturated heterocycles. The first kappa shape index (κ1) is 12.4. The van der Waals surface area contributed by atoms with E-state index in [2.05, 4.69) is 21.4 Å². The summed E-state index contributed by atoms with van der Waals surface area (Å²) in [5.41, 5.74) is 3.74. The molecular weight excluding hydrogens is 248 g/mol. The van der Waals surface area contributed by atoms with E-state index >= 15 is 0 Å². The highest BCUT2D eigenvalue weighted by molar-refractivity contribution is 5.74. The maximum absolute atomic E-state index is 9.03. The van der Waals surface area contributed by atoms with Crippen molar-refractivity contribution in [3.8, 4) is 6.07 Å². The van der Waals surface area contributed by atoms with E-state index < -0.39 is 0 Å². The number of H-pyrrole nitrogens is 1. The minimum absolute atomic E-state index is 0.647. The molecule has 0 aliphatic rings. The van der Waals surface area contributed by atoms with E-state index in [4.69, 9.17) is 5.26 Å². The second-order valence-electron chi connectivity index (χ2n) is 4.57. The van der Waals surface area contributed by atoms with Crippen LogP contribution < -0.4 is 5.32 Å². The molecule has 20 heavy (non-hydrogen) atoms. The number of hydrogen-bond acceptors (Lipinski definition) is 3. The molecule has 1 heterocycles. The van der Waals surface area contributed by atoms with E-state index in [0.717, 1.165) is 22.4 Å². The lowest BCUT2D eigenvalue weighted by Crippen LogP contribution is -2.14. The minimum Gasteiger partial charge on any atom is -0.341 e. The molecule has 0 atom stereocenters. The van der Waals surface area contributed by atoms with Gasteiger partial charge in [-0.05, 0) is 23.8 Å². The summed E-state index contributed by atoms with van der Waals surface area (Å²) >= 11 is 0. The summed E-state index contributed by atoms with van der Waals surface area (Å²) in [6, 6.07) is 17.8. The molecule has 0 aliphatic heterocycles. The summed E-state index contributed by atoms with van der Waals surface area (Å²) < 4.78 is 0. The normalized spacial score (nSPS) is 10.6. The molecule has 3 aromatic rings. The summed E-state index contributed by atoms with van der Waals surface area (Å²) in [5, 5.41) is 12.3. The van der Waals surface area contributed by atoms with E-state index in [0.29, 0.717) is 18.7 Å². The number of rotatable bonds is 4. The number of aromatic nitrogens is 2. The fourth-order valence-electron chi connectivity index (χ4n) is 2.19. The van der Waals surface area contributed by atoms with Crippen molar-refractivity contribution in [1.29, 1.82) is 5.26 Å². The lowest BCUT2D eigenvalue weighted by Gasteiger charge is -2.04. The second kappa shape index (κ2) is 5.55. The Morgan fingerprint density at radius 3 is 2.70 bits per heavy atom. The third-order valence-electron chi connectivity index (χ3n) is 3.18. The molecule has 0 radical (unpaired) electrons. The van der Waals surface area contributed by atoms with Gasteiger partial charge in [-0.25, -0.2) is 4.98 Å². The molecule has 2 aromatic carbocycles. The number of nitriles is 1. The van der Waals surface area contributed by atoms with Crippen LogP contribution in [0.2, 0.25) is 0 Å². The van der Waals surface area contributed by atoms with Crippen LogP contribution >= 0.6 is 0 Å². The zero-order valence-electron chi connectivity index (χ0n) is 10.9. The molecule has 0 saturated carbocycles. The molecule has 4 nitrogen and oxygen atoms in total. The van der Waals surface area contributed by atoms with Crippen LogP contribution in [0.4, 0.5) is 0 Å². The molecule has 0 aliphatic carbocycles. The van der Waals surface area contributed by atoms with Crippen LogP contribution in [-0.4, -0.2) is 9.97 Å². The van der Waals surface area contributed by atoms with Crippen LogP contribution in [0.15, 0.2) is 48.5 Å². The third kappa shape index (κ3) is 2.53. The van der Waals surface area contributed by atoms with Crippen molar-refractivity contribution in [2.45, 2.75) is 13.1 Å². The first-order valence-electron chi connectivity index (χ1n) is 6.49. The smallest absolute Gasteiger partial charge is 0.121 e. The Labute approximate surface area is 117 Å². The minimum atomic E-state index is 0.647. The summed E-state index contributed by atoms with van der Waals surface area (Å²) in [6.45, 7) is 1.30. The Morgan fingerprint density at radius 2 is 1.85 bits per heavy atom. The van der Waals surface area contributed by atoms with Crippen LogP contribution in [0, 0.1) is 11.3 Å². The summed E-state index contributed by atoms with van der Waals surface area (Å²) in [5.74, 6) is 0.903. The Morgan fingerprint density at radius 1 is 1.05 bits per heavy atom. The largest absolute Gasteiger partial charge is 0.341 e. The van der Waals surface area contributed by atoms with Gasteiger partial charge in [0.2, 0.25) is 0 Å². The second-order valence-corrected chi connectivity index (χ2v) is 4.57. The number of nitrogens with one attached hydrogen (secondary N) is 2. The Hall–Kier alpha value is -2.64. The van der Waals surface area contributed by atoms with Crippen molar-refractivity contribution in [3.63, 3.8) is 0 Å². The van der Waals surface area contributed by atoms with Crippen LogP contribution in [0.3, 0.4) is 0 Å². The zero-order chi connectivity index (χ0) is 13.8. The number of fused-ring (bicyclic) bond motifs is 1. The van der Waals surface area contributed by atoms with Gasteiger partial charge in [0.15, 0.2) is 0 Å². The van der Waals surface area contributed by atoms with E-state index in [1.165, 1.54) is 0 Å². The predicted molar refractivity (Wildman–Crippen MR) is 77.8 cm³/mol. The molecule has 0 fully saturated rings. The lowest BCUT2D eigenvalue weighted by atomic mass is 10.1. The maximum Gasteiger partial charge on any atom is 0.121 e. The molecule has 98 valence electrons. The van der Waals surface area contributed by atoms with Crippen LogP contribution in [0.25, 0.3) is 11.0 Å². The van der Waals surface area contributed by atoms with Crippen LogP contribution in [0.1, 0.15) is 17.0 Å². The van der Waals surface area contributed by atoms with E-state index in [1.807, 2.05) is 48.5 Å². The van der Waals surface area contributed by atoms with Gasteiger partial charge in [0.25, 0.3) is 0 Å². The van der Waals surface area contributed by atoms with Gasteiger partial charge < -0.3 is 10.3 Å². The molecule has 0 amide bonds. The molecular formula is C16H14N4. The zero-order valence-corrected chi connectivity index (χ0v) is 10.9. The van der Waals surface area contributed by atoms with E-state index in [-0.39, 0.29) is 0 Å². The number of hydrogen-bond donors (Lipinski definition) is 2. The Kier molecular flexibility index (Phi) is 3.44. The highest BCUT2D eigenvalue weighted by Crippen LogP contribution is 2.11. The van der Waals surface area contributed by atoms with Gasteiger partial charge in [0.05, 0.1) is 29.2 Å². The van der Waals surface area contributed by atoms with Gasteiger partial charge in [-0.15, -0.1) is 0 Å². The van der Waals surface area contributed by atoms with Gasteiger partial charge in [0, 0.05) is 6.54 Å². The first-order chi connectivity index (χ1) is 9.86. The molecule has 0 bridgehead atoms. The topological polar surface area (TPSA) is 64.5 Å². The fourth-order valence-corrected chi connectivity index (χ4v) is 2.19. The summed E-state index contributed by atoms with van der Waals surface area (Å²) in [4.78, 5) is 7.78. The van der Waals surface area contributed by atoms with Gasteiger partial charge in [0.1, 0.15) is 5.82 Å². The number of imidazole rings is 1. The number of para-hydroxylation sites is 2. The Balaban J connectivity index is 1.66. The van der Waals surface area contributed by atoms with E-state index in [1.54, 1.807) is 0 Å². The average molecular weight is 262 g/mol. The highest BCUT2D eigenvalue weighted by atomic mass is 15.0. The quantitative estimate of drug-likeness (QED) is 0.759. The lowest BCUT2D eigenvalue weighted by molar-refractivity contribution is 0.669. The molecule has 4 heteroatoms. The molecule has 2 N–H and O–H groups in total. The average Bonchev–Trinajstić information content (AvgIpc) is 2.90. The predicted octanol–water partition coefficient (Wildman–Crippen LogP) is 2.72. The first-order valence-corrected chi connectivity index (χ1v) is 6.49. The SMILES string of the molecule is N#Cc1ccccc1CNCc1nc2ccccc2[nH]1. The van der Waals surface area contributed by atoms with Crippen molar-refractivity contribution in [3.05, 3.63) is 65.5 Å². The third-order valence-corrected chi connectivity index (χ3v) is 3.18. The van der Waals surface area contributed by atoms with E-state index in [9.17, 15) is 0 Å². The van der Waals surface area contributed by atoms with Crippen molar-refractivity contribution in [2.24, 2.45) is 0 Å². The monoisotopic (exact) mass is 262 g/mol. The van der Waals surface area contributed by atoms with Crippen molar-refractivity contribution in [1.82, 2.24) is 15.3 Å².